The highest BCUT2D eigenvalue weighted by molar-refractivity contribution is 7.99. The van der Waals surface area contributed by atoms with E-state index in [9.17, 15) is 9.59 Å². The smallest absolute Gasteiger partial charge is 0.343 e. The molecule has 0 saturated heterocycles. The minimum Gasteiger partial charge on any atom is -0.453 e. The Balaban J connectivity index is 1.75. The van der Waals surface area contributed by atoms with Crippen molar-refractivity contribution in [3.05, 3.63) is 46.6 Å². The summed E-state index contributed by atoms with van der Waals surface area (Å²) in [4.78, 5) is 23.6. The molecule has 1 N–H and O–H groups in total. The number of H-pyrrole nitrogens is 1. The molecule has 21 heavy (non-hydrogen) atoms. The van der Waals surface area contributed by atoms with Crippen molar-refractivity contribution in [3.8, 4) is 0 Å². The van der Waals surface area contributed by atoms with Crippen molar-refractivity contribution in [2.24, 2.45) is 0 Å². The highest BCUT2D eigenvalue weighted by atomic mass is 32.2. The fourth-order valence-corrected chi connectivity index (χ4v) is 2.89. The molecule has 0 aliphatic carbocycles. The molecule has 3 aromatic rings. The number of rotatable bonds is 5. The molecular weight excluding hydrogens is 290 g/mol. The number of Topliss-reactive ketones (excluding diaryl/α,β-unsaturated/α-hetero) is 1. The van der Waals surface area contributed by atoms with Gasteiger partial charge in [-0.1, -0.05) is 30.0 Å². The predicted octanol–water partition coefficient (Wildman–Crippen LogP) is 2.31. The standard InChI is InChI=1S/C14H13N3O3S/c1-2-17-13(19)15-16-14(17)21-8-10(18)12-7-9-5-3-4-6-11(9)20-12/h3-7H,2,8H2,1H3,(H,15,19). The van der Waals surface area contributed by atoms with Gasteiger partial charge in [-0.05, 0) is 19.1 Å². The van der Waals surface area contributed by atoms with E-state index in [4.69, 9.17) is 4.42 Å². The first kappa shape index (κ1) is 13.7. The van der Waals surface area contributed by atoms with Gasteiger partial charge in [0.1, 0.15) is 5.58 Å². The van der Waals surface area contributed by atoms with Crippen LogP contribution in [0.1, 0.15) is 17.5 Å². The van der Waals surface area contributed by atoms with Crippen LogP contribution in [0.2, 0.25) is 0 Å². The molecule has 2 heterocycles. The molecular formula is C14H13N3O3S. The lowest BCUT2D eigenvalue weighted by molar-refractivity contribution is 0.0994. The van der Waals surface area contributed by atoms with Gasteiger partial charge in [0.2, 0.25) is 5.78 Å². The number of hydrogen-bond donors (Lipinski definition) is 1. The van der Waals surface area contributed by atoms with Crippen molar-refractivity contribution in [2.45, 2.75) is 18.6 Å². The second-order valence-electron chi connectivity index (χ2n) is 4.42. The first-order valence-corrected chi connectivity index (χ1v) is 7.47. The molecule has 0 spiro atoms. The van der Waals surface area contributed by atoms with Crippen molar-refractivity contribution in [1.82, 2.24) is 14.8 Å². The van der Waals surface area contributed by atoms with Crippen LogP contribution in [-0.2, 0) is 6.54 Å². The Morgan fingerprint density at radius 2 is 2.24 bits per heavy atom. The zero-order chi connectivity index (χ0) is 14.8. The summed E-state index contributed by atoms with van der Waals surface area (Å²) in [5.41, 5.74) is 0.423. The van der Waals surface area contributed by atoms with E-state index in [0.717, 1.165) is 5.39 Å². The number of carbonyl (C=O) groups is 1. The summed E-state index contributed by atoms with van der Waals surface area (Å²) in [5, 5.41) is 7.68. The van der Waals surface area contributed by atoms with Gasteiger partial charge in [0, 0.05) is 11.9 Å². The summed E-state index contributed by atoms with van der Waals surface area (Å²) in [5.74, 6) is 0.364. The summed E-state index contributed by atoms with van der Waals surface area (Å²) < 4.78 is 7.00. The molecule has 0 fully saturated rings. The number of furan rings is 1. The molecule has 0 saturated carbocycles. The van der Waals surface area contributed by atoms with Crippen molar-refractivity contribution < 1.29 is 9.21 Å². The van der Waals surface area contributed by atoms with Gasteiger partial charge in [-0.15, -0.1) is 5.10 Å². The van der Waals surface area contributed by atoms with Crippen LogP contribution in [0.15, 0.2) is 44.7 Å². The molecule has 0 amide bonds. The number of thioether (sulfide) groups is 1. The van der Waals surface area contributed by atoms with Crippen LogP contribution < -0.4 is 5.69 Å². The summed E-state index contributed by atoms with van der Waals surface area (Å²) in [7, 11) is 0. The minimum absolute atomic E-state index is 0.130. The Hall–Kier alpha value is -2.28. The number of para-hydroxylation sites is 1. The predicted molar refractivity (Wildman–Crippen MR) is 79.8 cm³/mol. The molecule has 0 radical (unpaired) electrons. The largest absolute Gasteiger partial charge is 0.453 e. The van der Waals surface area contributed by atoms with Crippen LogP contribution in [0.3, 0.4) is 0 Å². The first-order valence-electron chi connectivity index (χ1n) is 6.49. The Kier molecular flexibility index (Phi) is 3.66. The van der Waals surface area contributed by atoms with Crippen LogP contribution in [-0.4, -0.2) is 26.3 Å². The van der Waals surface area contributed by atoms with Gasteiger partial charge in [0.25, 0.3) is 0 Å². The third kappa shape index (κ3) is 2.64. The summed E-state index contributed by atoms with van der Waals surface area (Å²) >= 11 is 1.22. The topological polar surface area (TPSA) is 80.9 Å². The Labute approximate surface area is 124 Å². The van der Waals surface area contributed by atoms with E-state index in [1.807, 2.05) is 31.2 Å². The number of carbonyl (C=O) groups excluding carboxylic acids is 1. The fraction of sp³-hybridized carbons (Fsp3) is 0.214. The Morgan fingerprint density at radius 1 is 1.43 bits per heavy atom. The molecule has 7 heteroatoms. The maximum absolute atomic E-state index is 12.2. The second-order valence-corrected chi connectivity index (χ2v) is 5.36. The van der Waals surface area contributed by atoms with Crippen molar-refractivity contribution >= 4 is 28.5 Å². The van der Waals surface area contributed by atoms with Crippen LogP contribution in [0.4, 0.5) is 0 Å². The normalized spacial score (nSPS) is 11.1. The molecule has 1 aromatic carbocycles. The van der Waals surface area contributed by atoms with Gasteiger partial charge in [0.15, 0.2) is 10.9 Å². The third-order valence-electron chi connectivity index (χ3n) is 3.07. The van der Waals surface area contributed by atoms with E-state index in [1.165, 1.54) is 16.3 Å². The number of hydrogen-bond acceptors (Lipinski definition) is 5. The molecule has 0 bridgehead atoms. The average molecular weight is 303 g/mol. The van der Waals surface area contributed by atoms with Crippen molar-refractivity contribution in [1.29, 1.82) is 0 Å². The van der Waals surface area contributed by atoms with Crippen molar-refractivity contribution in [3.63, 3.8) is 0 Å². The van der Waals surface area contributed by atoms with Crippen LogP contribution in [0.25, 0.3) is 11.0 Å². The number of aromatic nitrogens is 3. The highest BCUT2D eigenvalue weighted by Crippen LogP contribution is 2.21. The van der Waals surface area contributed by atoms with E-state index in [1.54, 1.807) is 6.07 Å². The highest BCUT2D eigenvalue weighted by Gasteiger charge is 2.15. The lowest BCUT2D eigenvalue weighted by atomic mass is 10.2. The Morgan fingerprint density at radius 3 is 3.00 bits per heavy atom. The number of benzene rings is 1. The van der Waals surface area contributed by atoms with Crippen LogP contribution in [0.5, 0.6) is 0 Å². The molecule has 6 nitrogen and oxygen atoms in total. The number of nitrogens with zero attached hydrogens (tertiary/aromatic N) is 2. The summed E-state index contributed by atoms with van der Waals surface area (Å²) in [6.45, 7) is 2.36. The third-order valence-corrected chi connectivity index (χ3v) is 4.05. The van der Waals surface area contributed by atoms with E-state index in [-0.39, 0.29) is 17.2 Å². The number of fused-ring (bicyclic) bond motifs is 1. The number of nitrogens with one attached hydrogen (secondary N) is 1. The number of ketones is 1. The second kappa shape index (κ2) is 5.61. The van der Waals surface area contributed by atoms with Gasteiger partial charge in [-0.2, -0.15) is 0 Å². The lowest BCUT2D eigenvalue weighted by Gasteiger charge is -2.00. The molecule has 0 aliphatic rings. The first-order chi connectivity index (χ1) is 10.2. The fourth-order valence-electron chi connectivity index (χ4n) is 2.01. The van der Waals surface area contributed by atoms with E-state index < -0.39 is 0 Å². The summed E-state index contributed by atoms with van der Waals surface area (Å²) in [6.07, 6.45) is 0. The average Bonchev–Trinajstić information content (AvgIpc) is 3.07. The zero-order valence-corrected chi connectivity index (χ0v) is 12.1. The SMILES string of the molecule is CCn1c(SCC(=O)c2cc3ccccc3o2)n[nH]c1=O. The minimum atomic E-state index is -0.267. The molecule has 2 aromatic heterocycles. The van der Waals surface area contributed by atoms with Gasteiger partial charge < -0.3 is 4.42 Å². The van der Waals surface area contributed by atoms with E-state index in [2.05, 4.69) is 10.2 Å². The molecule has 0 aliphatic heterocycles. The van der Waals surface area contributed by atoms with Crippen molar-refractivity contribution in [2.75, 3.05) is 5.75 Å². The van der Waals surface area contributed by atoms with Gasteiger partial charge >= 0.3 is 5.69 Å². The van der Waals surface area contributed by atoms with Crippen LogP contribution >= 0.6 is 11.8 Å². The summed E-state index contributed by atoms with van der Waals surface area (Å²) in [6, 6.07) is 9.20. The van der Waals surface area contributed by atoms with E-state index >= 15 is 0 Å². The quantitative estimate of drug-likeness (QED) is 0.578. The maximum Gasteiger partial charge on any atom is 0.343 e. The molecule has 0 unspecified atom stereocenters. The van der Waals surface area contributed by atoms with Gasteiger partial charge in [-0.25, -0.2) is 9.89 Å². The molecule has 3 rings (SSSR count). The monoisotopic (exact) mass is 303 g/mol. The van der Waals surface area contributed by atoms with Gasteiger partial charge in [-0.3, -0.25) is 9.36 Å². The maximum atomic E-state index is 12.2. The van der Waals surface area contributed by atoms with Gasteiger partial charge in [0.05, 0.1) is 5.75 Å². The number of aromatic amines is 1. The zero-order valence-electron chi connectivity index (χ0n) is 11.3. The lowest BCUT2D eigenvalue weighted by Crippen LogP contribution is -2.16. The molecule has 108 valence electrons. The van der Waals surface area contributed by atoms with Crippen LogP contribution in [0, 0.1) is 0 Å². The molecule has 0 atom stereocenters. The Bertz CT molecular complexity index is 813. The van der Waals surface area contributed by atoms with E-state index in [0.29, 0.717) is 23.0 Å².